The average molecular weight is 483 g/mol. The zero-order valence-electron chi connectivity index (χ0n) is 20.4. The second kappa shape index (κ2) is 11.4. The number of esters is 1. The third-order valence-electron chi connectivity index (χ3n) is 5.42. The fraction of sp³-hybridized carbons (Fsp3) is 0.346. The van der Waals surface area contributed by atoms with Gasteiger partial charge in [0, 0.05) is 17.0 Å². The second-order valence-electron chi connectivity index (χ2n) is 8.38. The zero-order chi connectivity index (χ0) is 25.5. The maximum absolute atomic E-state index is 12.8. The van der Waals surface area contributed by atoms with Crippen molar-refractivity contribution in [2.45, 2.75) is 32.9 Å². The summed E-state index contributed by atoms with van der Waals surface area (Å²) in [4.78, 5) is 37.9. The van der Waals surface area contributed by atoms with Crippen LogP contribution in [0.1, 0.15) is 42.9 Å². The number of nitrogens with one attached hydrogen (secondary N) is 2. The van der Waals surface area contributed by atoms with Gasteiger partial charge in [-0.15, -0.1) is 0 Å². The molecule has 186 valence electrons. The first-order chi connectivity index (χ1) is 16.7. The Hall–Kier alpha value is -4.01. The van der Waals surface area contributed by atoms with Gasteiger partial charge >= 0.3 is 5.97 Å². The molecule has 2 aromatic carbocycles. The Balaban J connectivity index is 1.58. The quantitative estimate of drug-likeness (QED) is 0.424. The first-order valence-corrected chi connectivity index (χ1v) is 11.2. The van der Waals surface area contributed by atoms with Gasteiger partial charge in [-0.3, -0.25) is 9.59 Å². The van der Waals surface area contributed by atoms with Crippen molar-refractivity contribution in [2.75, 3.05) is 20.8 Å². The van der Waals surface area contributed by atoms with Gasteiger partial charge in [0.1, 0.15) is 28.9 Å². The Kier molecular flexibility index (Phi) is 8.35. The van der Waals surface area contributed by atoms with Gasteiger partial charge in [-0.2, -0.15) is 0 Å². The SMILES string of the molecule is COc1cc(OC)cc(C(=O)N[C@H](C(=O)OCC(=O)N[C@@H](C)c2cc3ccccc3o2)C(C)C)c1. The summed E-state index contributed by atoms with van der Waals surface area (Å²) in [5.74, 6) is -0.515. The van der Waals surface area contributed by atoms with E-state index >= 15 is 0 Å². The molecule has 0 aliphatic rings. The Morgan fingerprint density at radius 3 is 2.17 bits per heavy atom. The van der Waals surface area contributed by atoms with Crippen LogP contribution in [0, 0.1) is 5.92 Å². The molecule has 0 aliphatic carbocycles. The van der Waals surface area contributed by atoms with Crippen LogP contribution in [-0.2, 0) is 14.3 Å². The largest absolute Gasteiger partial charge is 0.497 e. The van der Waals surface area contributed by atoms with Gasteiger partial charge in [0.2, 0.25) is 0 Å². The first kappa shape index (κ1) is 25.6. The average Bonchev–Trinajstić information content (AvgIpc) is 3.29. The maximum atomic E-state index is 12.8. The number of rotatable bonds is 10. The van der Waals surface area contributed by atoms with Gasteiger partial charge in [0.05, 0.1) is 20.3 Å². The number of ether oxygens (including phenoxy) is 3. The molecule has 2 N–H and O–H groups in total. The Morgan fingerprint density at radius 2 is 1.57 bits per heavy atom. The second-order valence-corrected chi connectivity index (χ2v) is 8.38. The normalized spacial score (nSPS) is 12.6. The third-order valence-corrected chi connectivity index (χ3v) is 5.42. The molecule has 2 amide bonds. The summed E-state index contributed by atoms with van der Waals surface area (Å²) in [6, 6.07) is 12.7. The highest BCUT2D eigenvalue weighted by molar-refractivity contribution is 5.97. The molecule has 3 aromatic rings. The standard InChI is InChI=1S/C26H30N2O7/c1-15(2)24(28-25(30)18-10-19(32-4)13-20(11-18)33-5)26(31)34-14-23(29)27-16(3)22-12-17-8-6-7-9-21(17)35-22/h6-13,15-16,24H,14H2,1-5H3,(H,27,29)(H,28,30)/t16-,24-/m0/s1. The summed E-state index contributed by atoms with van der Waals surface area (Å²) in [5.41, 5.74) is 0.983. The van der Waals surface area contributed by atoms with E-state index in [1.165, 1.54) is 26.4 Å². The molecular weight excluding hydrogens is 452 g/mol. The molecule has 3 rings (SSSR count). The van der Waals surface area contributed by atoms with Crippen LogP contribution in [-0.4, -0.2) is 44.7 Å². The number of methoxy groups -OCH3 is 2. The molecule has 9 nitrogen and oxygen atoms in total. The summed E-state index contributed by atoms with van der Waals surface area (Å²) in [5, 5.41) is 6.35. The van der Waals surface area contributed by atoms with Crippen molar-refractivity contribution in [3.05, 3.63) is 59.9 Å². The molecule has 0 saturated heterocycles. The van der Waals surface area contributed by atoms with E-state index in [-0.39, 0.29) is 11.5 Å². The van der Waals surface area contributed by atoms with E-state index in [2.05, 4.69) is 10.6 Å². The molecule has 0 fully saturated rings. The van der Waals surface area contributed by atoms with E-state index < -0.39 is 36.5 Å². The van der Waals surface area contributed by atoms with Crippen LogP contribution in [0.25, 0.3) is 11.0 Å². The number of fused-ring (bicyclic) bond motifs is 1. The van der Waals surface area contributed by atoms with E-state index in [1.54, 1.807) is 26.8 Å². The fourth-order valence-electron chi connectivity index (χ4n) is 3.46. The summed E-state index contributed by atoms with van der Waals surface area (Å²) < 4.78 is 21.3. The minimum atomic E-state index is -0.958. The van der Waals surface area contributed by atoms with Gasteiger partial charge < -0.3 is 29.3 Å². The van der Waals surface area contributed by atoms with Gasteiger partial charge in [-0.05, 0) is 37.1 Å². The maximum Gasteiger partial charge on any atom is 0.329 e. The summed E-state index contributed by atoms with van der Waals surface area (Å²) in [6.07, 6.45) is 0. The molecule has 2 atom stereocenters. The van der Waals surface area contributed by atoms with Crippen LogP contribution >= 0.6 is 0 Å². The van der Waals surface area contributed by atoms with Crippen LogP contribution in [0.4, 0.5) is 0 Å². The van der Waals surface area contributed by atoms with Gasteiger partial charge in [0.15, 0.2) is 6.61 Å². The molecular formula is C26H30N2O7. The van der Waals surface area contributed by atoms with E-state index in [4.69, 9.17) is 18.6 Å². The number of carbonyl (C=O) groups is 3. The number of furan rings is 1. The molecule has 0 aliphatic heterocycles. The van der Waals surface area contributed by atoms with Crippen molar-refractivity contribution in [3.8, 4) is 11.5 Å². The molecule has 0 radical (unpaired) electrons. The third kappa shape index (κ3) is 6.53. The lowest BCUT2D eigenvalue weighted by molar-refractivity contribution is -0.151. The van der Waals surface area contributed by atoms with Crippen LogP contribution in [0.5, 0.6) is 11.5 Å². The van der Waals surface area contributed by atoms with Crippen LogP contribution < -0.4 is 20.1 Å². The number of carbonyl (C=O) groups excluding carboxylic acids is 3. The van der Waals surface area contributed by atoms with E-state index in [0.717, 1.165) is 11.0 Å². The van der Waals surface area contributed by atoms with Crippen LogP contribution in [0.3, 0.4) is 0 Å². The molecule has 0 unspecified atom stereocenters. The molecule has 0 saturated carbocycles. The lowest BCUT2D eigenvalue weighted by Gasteiger charge is -2.21. The van der Waals surface area contributed by atoms with Crippen molar-refractivity contribution >= 4 is 28.8 Å². The molecule has 1 aromatic heterocycles. The number of hydrogen-bond acceptors (Lipinski definition) is 7. The minimum absolute atomic E-state index is 0.261. The van der Waals surface area contributed by atoms with E-state index in [1.807, 2.05) is 30.3 Å². The highest BCUT2D eigenvalue weighted by atomic mass is 16.5. The monoisotopic (exact) mass is 482 g/mol. The summed E-state index contributed by atoms with van der Waals surface area (Å²) >= 11 is 0. The Labute approximate surface area is 203 Å². The van der Waals surface area contributed by atoms with E-state index in [9.17, 15) is 14.4 Å². The summed E-state index contributed by atoms with van der Waals surface area (Å²) in [6.45, 7) is 4.82. The number of para-hydroxylation sites is 1. The Morgan fingerprint density at radius 1 is 0.914 bits per heavy atom. The predicted molar refractivity (Wildman–Crippen MR) is 129 cm³/mol. The fourth-order valence-corrected chi connectivity index (χ4v) is 3.46. The van der Waals surface area contributed by atoms with Gasteiger partial charge in [-0.1, -0.05) is 32.0 Å². The predicted octanol–water partition coefficient (Wildman–Crippen LogP) is 3.63. The van der Waals surface area contributed by atoms with Crippen LogP contribution in [0.15, 0.2) is 52.9 Å². The zero-order valence-corrected chi connectivity index (χ0v) is 20.4. The number of amides is 2. The smallest absolute Gasteiger partial charge is 0.329 e. The van der Waals surface area contributed by atoms with Gasteiger partial charge in [-0.25, -0.2) is 4.79 Å². The number of benzene rings is 2. The number of hydrogen-bond donors (Lipinski definition) is 2. The van der Waals surface area contributed by atoms with Gasteiger partial charge in [0.25, 0.3) is 11.8 Å². The Bertz CT molecular complexity index is 1150. The summed E-state index contributed by atoms with van der Waals surface area (Å²) in [7, 11) is 2.95. The van der Waals surface area contributed by atoms with Crippen molar-refractivity contribution < 1.29 is 33.0 Å². The molecule has 9 heteroatoms. The van der Waals surface area contributed by atoms with Crippen molar-refractivity contribution in [1.82, 2.24) is 10.6 Å². The lowest BCUT2D eigenvalue weighted by atomic mass is 10.0. The molecule has 35 heavy (non-hydrogen) atoms. The van der Waals surface area contributed by atoms with Crippen molar-refractivity contribution in [3.63, 3.8) is 0 Å². The first-order valence-electron chi connectivity index (χ1n) is 11.2. The highest BCUT2D eigenvalue weighted by Crippen LogP contribution is 2.24. The van der Waals surface area contributed by atoms with Crippen LogP contribution in [0.2, 0.25) is 0 Å². The van der Waals surface area contributed by atoms with E-state index in [0.29, 0.717) is 17.3 Å². The highest BCUT2D eigenvalue weighted by Gasteiger charge is 2.27. The molecule has 0 bridgehead atoms. The molecule has 1 heterocycles. The van der Waals surface area contributed by atoms with Crippen molar-refractivity contribution in [1.29, 1.82) is 0 Å². The topological polar surface area (TPSA) is 116 Å². The minimum Gasteiger partial charge on any atom is -0.497 e. The molecule has 0 spiro atoms. The van der Waals surface area contributed by atoms with Crippen molar-refractivity contribution in [2.24, 2.45) is 5.92 Å². The lowest BCUT2D eigenvalue weighted by Crippen LogP contribution is -2.46.